The first-order valence-electron chi connectivity index (χ1n) is 7.99. The molecule has 2 N–H and O–H groups in total. The average molecular weight is 288 g/mol. The van der Waals surface area contributed by atoms with Crippen LogP contribution in [0, 0.1) is 5.92 Å². The van der Waals surface area contributed by atoms with Gasteiger partial charge in [-0.05, 0) is 50.4 Å². The van der Waals surface area contributed by atoms with Gasteiger partial charge in [0.15, 0.2) is 0 Å². The lowest BCUT2D eigenvalue weighted by Crippen LogP contribution is -2.57. The second kappa shape index (κ2) is 6.43. The lowest BCUT2D eigenvalue weighted by Gasteiger charge is -2.44. The highest BCUT2D eigenvalue weighted by molar-refractivity contribution is 5.94. The first kappa shape index (κ1) is 14.3. The molecule has 114 valence electrons. The summed E-state index contributed by atoms with van der Waals surface area (Å²) < 4.78 is 0. The Morgan fingerprint density at radius 1 is 1.38 bits per heavy atom. The second-order valence-electron chi connectivity index (χ2n) is 6.08. The van der Waals surface area contributed by atoms with Crippen molar-refractivity contribution >= 4 is 11.7 Å². The van der Waals surface area contributed by atoms with E-state index >= 15 is 0 Å². The van der Waals surface area contributed by atoms with Crippen molar-refractivity contribution in [2.75, 3.05) is 31.5 Å². The maximum absolute atomic E-state index is 12.3. The lowest BCUT2D eigenvalue weighted by atomic mass is 9.84. The Morgan fingerprint density at radius 2 is 2.19 bits per heavy atom. The van der Waals surface area contributed by atoms with Crippen LogP contribution in [0.3, 0.4) is 0 Å². The molecule has 4 heterocycles. The maximum Gasteiger partial charge on any atom is 0.253 e. The van der Waals surface area contributed by atoms with Crippen LogP contribution in [0.1, 0.15) is 36.5 Å². The first-order valence-corrected chi connectivity index (χ1v) is 7.99. The molecule has 2 bridgehead atoms. The number of piperidine rings is 3. The molecular formula is C16H24N4O. The number of carbonyl (C=O) groups is 1. The third-order valence-electron chi connectivity index (χ3n) is 4.55. The number of hydrogen-bond donors (Lipinski definition) is 2. The number of fused-ring (bicyclic) bond motifs is 3. The van der Waals surface area contributed by atoms with Crippen LogP contribution in [-0.4, -0.2) is 48.0 Å². The van der Waals surface area contributed by atoms with Gasteiger partial charge in [0.05, 0.1) is 5.56 Å². The molecule has 1 amide bonds. The molecule has 5 heteroatoms. The zero-order valence-corrected chi connectivity index (χ0v) is 12.6. The van der Waals surface area contributed by atoms with Crippen molar-refractivity contribution in [3.05, 3.63) is 23.9 Å². The quantitative estimate of drug-likeness (QED) is 0.866. The van der Waals surface area contributed by atoms with Crippen molar-refractivity contribution in [1.82, 2.24) is 15.2 Å². The second-order valence-corrected chi connectivity index (χ2v) is 6.08. The summed E-state index contributed by atoms with van der Waals surface area (Å²) in [7, 11) is 0. The maximum atomic E-state index is 12.3. The number of anilines is 1. The number of amides is 1. The molecule has 3 aliphatic heterocycles. The normalized spacial score (nSPS) is 27.4. The summed E-state index contributed by atoms with van der Waals surface area (Å²) in [6, 6.07) is 4.03. The lowest BCUT2D eigenvalue weighted by molar-refractivity contribution is 0.0620. The van der Waals surface area contributed by atoms with Gasteiger partial charge in [-0.3, -0.25) is 4.79 Å². The minimum absolute atomic E-state index is 0.00305. The number of nitrogens with one attached hydrogen (secondary N) is 2. The summed E-state index contributed by atoms with van der Waals surface area (Å²) in [5, 5.41) is 6.40. The standard InChI is InChI=1S/C16H24N4O/c1-2-7-17-15-4-3-13(10-18-15)16(21)19-14-11-20-8-5-12(14)6-9-20/h3-4,10,12,14H,2,5-9,11H2,1H3,(H,17,18)(H,19,21). The number of aromatic nitrogens is 1. The van der Waals surface area contributed by atoms with Gasteiger partial charge in [-0.2, -0.15) is 0 Å². The number of nitrogens with zero attached hydrogens (tertiary/aromatic N) is 2. The molecule has 0 radical (unpaired) electrons. The molecule has 0 aliphatic carbocycles. The summed E-state index contributed by atoms with van der Waals surface area (Å²) in [5.41, 5.74) is 0.647. The average Bonchev–Trinajstić information content (AvgIpc) is 2.54. The van der Waals surface area contributed by atoms with Gasteiger partial charge in [-0.1, -0.05) is 6.92 Å². The van der Waals surface area contributed by atoms with Crippen molar-refractivity contribution < 1.29 is 4.79 Å². The largest absolute Gasteiger partial charge is 0.370 e. The predicted molar refractivity (Wildman–Crippen MR) is 83.4 cm³/mol. The zero-order valence-electron chi connectivity index (χ0n) is 12.6. The van der Waals surface area contributed by atoms with Crippen molar-refractivity contribution in [2.24, 2.45) is 5.92 Å². The Kier molecular flexibility index (Phi) is 4.39. The molecule has 1 atom stereocenters. The van der Waals surface area contributed by atoms with Crippen molar-refractivity contribution in [2.45, 2.75) is 32.2 Å². The summed E-state index contributed by atoms with van der Waals surface area (Å²) in [4.78, 5) is 19.1. The molecular weight excluding hydrogens is 264 g/mol. The predicted octanol–water partition coefficient (Wildman–Crippen LogP) is 1.73. The van der Waals surface area contributed by atoms with Crippen LogP contribution in [-0.2, 0) is 0 Å². The number of hydrogen-bond acceptors (Lipinski definition) is 4. The van der Waals surface area contributed by atoms with Crippen LogP contribution in [0.15, 0.2) is 18.3 Å². The molecule has 5 nitrogen and oxygen atoms in total. The van der Waals surface area contributed by atoms with Crippen molar-refractivity contribution in [3.8, 4) is 0 Å². The van der Waals surface area contributed by atoms with E-state index in [4.69, 9.17) is 0 Å². The van der Waals surface area contributed by atoms with E-state index in [1.165, 1.54) is 25.9 Å². The van der Waals surface area contributed by atoms with Gasteiger partial charge in [0.2, 0.25) is 0 Å². The van der Waals surface area contributed by atoms with E-state index in [9.17, 15) is 4.79 Å². The fraction of sp³-hybridized carbons (Fsp3) is 0.625. The highest BCUT2D eigenvalue weighted by Crippen LogP contribution is 2.27. The van der Waals surface area contributed by atoms with Crippen molar-refractivity contribution in [1.29, 1.82) is 0 Å². The number of pyridine rings is 1. The van der Waals surface area contributed by atoms with Crippen LogP contribution in [0.2, 0.25) is 0 Å². The summed E-state index contributed by atoms with van der Waals surface area (Å²) >= 11 is 0. The van der Waals surface area contributed by atoms with Crippen LogP contribution in [0.5, 0.6) is 0 Å². The van der Waals surface area contributed by atoms with Gasteiger partial charge in [0, 0.05) is 25.3 Å². The Balaban J connectivity index is 1.57. The summed E-state index contributed by atoms with van der Waals surface area (Å²) in [6.45, 7) is 6.40. The fourth-order valence-electron chi connectivity index (χ4n) is 3.27. The Labute approximate surface area is 126 Å². The van der Waals surface area contributed by atoms with E-state index in [-0.39, 0.29) is 5.91 Å². The van der Waals surface area contributed by atoms with Gasteiger partial charge in [-0.15, -0.1) is 0 Å². The minimum Gasteiger partial charge on any atom is -0.370 e. The highest BCUT2D eigenvalue weighted by atomic mass is 16.1. The monoisotopic (exact) mass is 288 g/mol. The number of rotatable bonds is 5. The van der Waals surface area contributed by atoms with Gasteiger partial charge >= 0.3 is 0 Å². The molecule has 1 unspecified atom stereocenters. The topological polar surface area (TPSA) is 57.3 Å². The van der Waals surface area contributed by atoms with Gasteiger partial charge in [0.25, 0.3) is 5.91 Å². The summed E-state index contributed by atoms with van der Waals surface area (Å²) in [6.07, 6.45) is 5.14. The van der Waals surface area contributed by atoms with E-state index in [2.05, 4.69) is 27.4 Å². The van der Waals surface area contributed by atoms with Gasteiger partial charge in [0.1, 0.15) is 5.82 Å². The SMILES string of the molecule is CCCNc1ccc(C(=O)NC2CN3CCC2CC3)cn1. The van der Waals surface area contributed by atoms with Crippen molar-refractivity contribution in [3.63, 3.8) is 0 Å². The first-order chi connectivity index (χ1) is 10.3. The fourth-order valence-corrected chi connectivity index (χ4v) is 3.27. The molecule has 3 fully saturated rings. The Bertz CT molecular complexity index is 480. The van der Waals surface area contributed by atoms with Crippen LogP contribution in [0.25, 0.3) is 0 Å². The van der Waals surface area contributed by atoms with E-state index in [0.717, 1.165) is 25.3 Å². The summed E-state index contributed by atoms with van der Waals surface area (Å²) in [5.74, 6) is 1.48. The molecule has 0 saturated carbocycles. The number of carbonyl (C=O) groups excluding carboxylic acids is 1. The molecule has 21 heavy (non-hydrogen) atoms. The minimum atomic E-state index is 0.00305. The van der Waals surface area contributed by atoms with Gasteiger partial charge in [-0.25, -0.2) is 4.98 Å². The Morgan fingerprint density at radius 3 is 2.76 bits per heavy atom. The van der Waals surface area contributed by atoms with Crippen LogP contribution in [0.4, 0.5) is 5.82 Å². The third kappa shape index (κ3) is 3.35. The van der Waals surface area contributed by atoms with Crippen LogP contribution < -0.4 is 10.6 Å². The smallest absolute Gasteiger partial charge is 0.253 e. The van der Waals surface area contributed by atoms with E-state index in [0.29, 0.717) is 17.5 Å². The zero-order chi connectivity index (χ0) is 14.7. The third-order valence-corrected chi connectivity index (χ3v) is 4.55. The molecule has 0 spiro atoms. The van der Waals surface area contributed by atoms with E-state index in [1.54, 1.807) is 6.20 Å². The highest BCUT2D eigenvalue weighted by Gasteiger charge is 2.34. The Hall–Kier alpha value is -1.62. The molecule has 1 aromatic heterocycles. The molecule has 3 saturated heterocycles. The van der Waals surface area contributed by atoms with E-state index < -0.39 is 0 Å². The van der Waals surface area contributed by atoms with Crippen LogP contribution >= 0.6 is 0 Å². The molecule has 4 rings (SSSR count). The molecule has 1 aromatic rings. The molecule has 3 aliphatic rings. The van der Waals surface area contributed by atoms with E-state index in [1.807, 2.05) is 12.1 Å². The molecule has 0 aromatic carbocycles. The van der Waals surface area contributed by atoms with Gasteiger partial charge < -0.3 is 15.5 Å².